The van der Waals surface area contributed by atoms with Crippen LogP contribution in [-0.4, -0.2) is 14.8 Å². The molecule has 0 saturated carbocycles. The molecule has 0 saturated heterocycles. The van der Waals surface area contributed by atoms with Gasteiger partial charge in [-0.2, -0.15) is 10.4 Å². The third-order valence-corrected chi connectivity index (χ3v) is 3.51. The lowest BCUT2D eigenvalue weighted by Gasteiger charge is -2.19. The second kappa shape index (κ2) is 6.29. The quantitative estimate of drug-likeness (QED) is 0.942. The maximum Gasteiger partial charge on any atom is 0.101 e. The summed E-state index contributed by atoms with van der Waals surface area (Å²) < 4.78 is 1.88. The first-order valence-electron chi connectivity index (χ1n) is 7.41. The maximum atomic E-state index is 9.33. The molecule has 0 radical (unpaired) electrons. The molecule has 0 spiro atoms. The number of pyridine rings is 1. The average molecular weight is 297 g/mol. The fourth-order valence-electron chi connectivity index (χ4n) is 2.45. The Balaban J connectivity index is 2.05. The number of nitrogens with zero attached hydrogens (tertiary/aromatic N) is 4. The van der Waals surface area contributed by atoms with E-state index in [1.807, 2.05) is 30.9 Å². The molecule has 2 rings (SSSR count). The summed E-state index contributed by atoms with van der Waals surface area (Å²) in [5, 5.41) is 17.0. The lowest BCUT2D eigenvalue weighted by molar-refractivity contribution is 0.565. The van der Waals surface area contributed by atoms with E-state index in [-0.39, 0.29) is 5.41 Å². The Hall–Kier alpha value is -2.19. The molecule has 0 aliphatic rings. The molecule has 0 bridgehead atoms. The van der Waals surface area contributed by atoms with Crippen LogP contribution < -0.4 is 5.32 Å². The monoisotopic (exact) mass is 297 g/mol. The van der Waals surface area contributed by atoms with E-state index in [1.165, 1.54) is 0 Å². The topological polar surface area (TPSA) is 66.5 Å². The molecule has 5 nitrogen and oxygen atoms in total. The number of rotatable bonds is 4. The van der Waals surface area contributed by atoms with Gasteiger partial charge in [-0.3, -0.25) is 9.67 Å². The molecule has 2 heterocycles. The first-order valence-corrected chi connectivity index (χ1v) is 7.41. The van der Waals surface area contributed by atoms with Gasteiger partial charge in [0.05, 0.1) is 22.6 Å². The second-order valence-corrected chi connectivity index (χ2v) is 6.61. The SMILES string of the molecule is Cc1cc(CNCc2cnc(C(C)(C)C)c(C#N)c2)n(C)n1. The van der Waals surface area contributed by atoms with Crippen molar-refractivity contribution in [1.29, 1.82) is 5.26 Å². The van der Waals surface area contributed by atoms with Crippen molar-refractivity contribution in [3.8, 4) is 6.07 Å². The largest absolute Gasteiger partial charge is 0.307 e. The lowest BCUT2D eigenvalue weighted by atomic mass is 9.88. The molecule has 0 unspecified atom stereocenters. The molecule has 2 aromatic rings. The van der Waals surface area contributed by atoms with E-state index >= 15 is 0 Å². The Morgan fingerprint density at radius 3 is 2.55 bits per heavy atom. The van der Waals surface area contributed by atoms with Gasteiger partial charge >= 0.3 is 0 Å². The summed E-state index contributed by atoms with van der Waals surface area (Å²) in [6.07, 6.45) is 1.85. The van der Waals surface area contributed by atoms with Gasteiger partial charge < -0.3 is 5.32 Å². The number of hydrogen-bond donors (Lipinski definition) is 1. The van der Waals surface area contributed by atoms with Crippen LogP contribution in [0.25, 0.3) is 0 Å². The van der Waals surface area contributed by atoms with E-state index in [2.05, 4.69) is 48.3 Å². The number of hydrogen-bond acceptors (Lipinski definition) is 4. The molecule has 0 aromatic carbocycles. The number of aromatic nitrogens is 3. The van der Waals surface area contributed by atoms with Gasteiger partial charge in [0, 0.05) is 31.7 Å². The van der Waals surface area contributed by atoms with Gasteiger partial charge in [-0.15, -0.1) is 0 Å². The Morgan fingerprint density at radius 2 is 2.00 bits per heavy atom. The predicted molar refractivity (Wildman–Crippen MR) is 86.1 cm³/mol. The van der Waals surface area contributed by atoms with Gasteiger partial charge in [-0.25, -0.2) is 0 Å². The molecule has 1 N–H and O–H groups in total. The second-order valence-electron chi connectivity index (χ2n) is 6.61. The molecule has 2 aromatic heterocycles. The zero-order valence-corrected chi connectivity index (χ0v) is 13.9. The van der Waals surface area contributed by atoms with Crippen molar-refractivity contribution in [2.75, 3.05) is 0 Å². The highest BCUT2D eigenvalue weighted by Gasteiger charge is 2.19. The highest BCUT2D eigenvalue weighted by Crippen LogP contribution is 2.23. The van der Waals surface area contributed by atoms with Crippen LogP contribution in [-0.2, 0) is 25.6 Å². The summed E-state index contributed by atoms with van der Waals surface area (Å²) in [7, 11) is 1.94. The van der Waals surface area contributed by atoms with Crippen LogP contribution in [0.15, 0.2) is 18.3 Å². The van der Waals surface area contributed by atoms with Crippen LogP contribution in [0.5, 0.6) is 0 Å². The smallest absolute Gasteiger partial charge is 0.101 e. The first kappa shape index (κ1) is 16.2. The van der Waals surface area contributed by atoms with E-state index in [9.17, 15) is 5.26 Å². The Morgan fingerprint density at radius 1 is 1.27 bits per heavy atom. The molecule has 116 valence electrons. The lowest BCUT2D eigenvalue weighted by Crippen LogP contribution is -2.18. The average Bonchev–Trinajstić information content (AvgIpc) is 2.75. The van der Waals surface area contributed by atoms with Gasteiger partial charge in [-0.05, 0) is 24.6 Å². The van der Waals surface area contributed by atoms with Crippen LogP contribution in [0.1, 0.15) is 49.0 Å². The van der Waals surface area contributed by atoms with Crippen LogP contribution in [0.3, 0.4) is 0 Å². The van der Waals surface area contributed by atoms with Crippen molar-refractivity contribution in [3.05, 3.63) is 46.5 Å². The molecule has 0 amide bonds. The zero-order valence-electron chi connectivity index (χ0n) is 13.9. The van der Waals surface area contributed by atoms with E-state index in [4.69, 9.17) is 0 Å². The van der Waals surface area contributed by atoms with Crippen LogP contribution in [0.2, 0.25) is 0 Å². The van der Waals surface area contributed by atoms with Crippen molar-refractivity contribution in [2.45, 2.75) is 46.2 Å². The minimum Gasteiger partial charge on any atom is -0.307 e. The third kappa shape index (κ3) is 3.71. The third-order valence-electron chi connectivity index (χ3n) is 3.51. The summed E-state index contributed by atoms with van der Waals surface area (Å²) in [6.45, 7) is 9.60. The van der Waals surface area contributed by atoms with Crippen molar-refractivity contribution < 1.29 is 0 Å². The molecule has 0 fully saturated rings. The van der Waals surface area contributed by atoms with E-state index in [0.717, 1.165) is 29.2 Å². The Labute approximate surface area is 132 Å². The predicted octanol–water partition coefficient (Wildman–Crippen LogP) is 2.58. The zero-order chi connectivity index (χ0) is 16.3. The first-order chi connectivity index (χ1) is 10.3. The van der Waals surface area contributed by atoms with Crippen molar-refractivity contribution >= 4 is 0 Å². The van der Waals surface area contributed by atoms with Gasteiger partial charge in [0.25, 0.3) is 0 Å². The Kier molecular flexibility index (Phi) is 4.62. The summed E-state index contributed by atoms with van der Waals surface area (Å²) in [5.41, 5.74) is 4.55. The van der Waals surface area contributed by atoms with Crippen molar-refractivity contribution in [1.82, 2.24) is 20.1 Å². The molecule has 0 aliphatic carbocycles. The van der Waals surface area contributed by atoms with Crippen LogP contribution >= 0.6 is 0 Å². The molecular weight excluding hydrogens is 274 g/mol. The van der Waals surface area contributed by atoms with Crippen molar-refractivity contribution in [2.24, 2.45) is 7.05 Å². The molecule has 0 atom stereocenters. The van der Waals surface area contributed by atoms with E-state index in [1.54, 1.807) is 0 Å². The van der Waals surface area contributed by atoms with Gasteiger partial charge in [0.2, 0.25) is 0 Å². The summed E-state index contributed by atoms with van der Waals surface area (Å²) in [5.74, 6) is 0. The molecular formula is C17H23N5. The van der Waals surface area contributed by atoms with Crippen LogP contribution in [0, 0.1) is 18.3 Å². The molecule has 0 aliphatic heterocycles. The van der Waals surface area contributed by atoms with Crippen LogP contribution in [0.4, 0.5) is 0 Å². The summed E-state index contributed by atoms with van der Waals surface area (Å²) in [4.78, 5) is 4.49. The van der Waals surface area contributed by atoms with Crippen molar-refractivity contribution in [3.63, 3.8) is 0 Å². The highest BCUT2D eigenvalue weighted by molar-refractivity contribution is 5.39. The highest BCUT2D eigenvalue weighted by atomic mass is 15.3. The summed E-state index contributed by atoms with van der Waals surface area (Å²) >= 11 is 0. The van der Waals surface area contributed by atoms with E-state index in [0.29, 0.717) is 12.1 Å². The minimum absolute atomic E-state index is 0.122. The number of nitrogens with one attached hydrogen (secondary N) is 1. The normalized spacial score (nSPS) is 11.5. The molecule has 5 heteroatoms. The maximum absolute atomic E-state index is 9.33. The fraction of sp³-hybridized carbons (Fsp3) is 0.471. The number of nitriles is 1. The van der Waals surface area contributed by atoms with Gasteiger partial charge in [-0.1, -0.05) is 20.8 Å². The fourth-order valence-corrected chi connectivity index (χ4v) is 2.45. The number of aryl methyl sites for hydroxylation is 2. The molecule has 22 heavy (non-hydrogen) atoms. The minimum atomic E-state index is -0.122. The van der Waals surface area contributed by atoms with Gasteiger partial charge in [0.15, 0.2) is 0 Å². The Bertz CT molecular complexity index is 701. The summed E-state index contributed by atoms with van der Waals surface area (Å²) in [6, 6.07) is 6.25. The van der Waals surface area contributed by atoms with Gasteiger partial charge in [0.1, 0.15) is 6.07 Å². The van der Waals surface area contributed by atoms with E-state index < -0.39 is 0 Å². The standard InChI is InChI=1S/C17H23N5/c1-12-6-15(22(5)21-12)11-19-9-13-7-14(8-18)16(20-10-13)17(2,3)4/h6-7,10,19H,9,11H2,1-5H3.